The van der Waals surface area contributed by atoms with Crippen LogP contribution in [0.3, 0.4) is 0 Å². The van der Waals surface area contributed by atoms with Crippen molar-refractivity contribution in [3.05, 3.63) is 24.3 Å². The third-order valence-corrected chi connectivity index (χ3v) is 3.06. The molecule has 10 heteroatoms. The molecule has 0 fully saturated rings. The number of ether oxygens (including phenoxy) is 2. The molecule has 0 aliphatic carbocycles. The summed E-state index contributed by atoms with van der Waals surface area (Å²) < 4.78 is 68.2. The Bertz CT molecular complexity index is 569. The van der Waals surface area contributed by atoms with Gasteiger partial charge in [-0.25, -0.2) is 17.9 Å². The predicted molar refractivity (Wildman–Crippen MR) is 55.9 cm³/mol. The fourth-order valence-corrected chi connectivity index (χ4v) is 2.00. The molecular formula is C9H8F3NO5S. The first-order valence-electron chi connectivity index (χ1n) is 4.60. The average molecular weight is 299 g/mol. The van der Waals surface area contributed by atoms with Gasteiger partial charge in [-0.3, -0.25) is 0 Å². The normalized spacial score (nSPS) is 11.8. The molecule has 0 bridgehead atoms. The minimum Gasteiger partial charge on any atom is -0.452 e. The first kappa shape index (κ1) is 15.1. The van der Waals surface area contributed by atoms with Crippen molar-refractivity contribution in [1.29, 1.82) is 0 Å². The maximum atomic E-state index is 12.0. The highest BCUT2D eigenvalue weighted by molar-refractivity contribution is 7.90. The van der Waals surface area contributed by atoms with E-state index in [0.717, 1.165) is 25.3 Å². The Hall–Kier alpha value is -1.97. The van der Waals surface area contributed by atoms with E-state index in [9.17, 15) is 26.4 Å². The van der Waals surface area contributed by atoms with Crippen LogP contribution in [0.2, 0.25) is 0 Å². The number of hydrogen-bond donors (Lipinski definition) is 1. The van der Waals surface area contributed by atoms with Gasteiger partial charge >= 0.3 is 12.5 Å². The summed E-state index contributed by atoms with van der Waals surface area (Å²) in [6.45, 7) is 0. The van der Waals surface area contributed by atoms with Crippen LogP contribution in [0.1, 0.15) is 0 Å². The lowest BCUT2D eigenvalue weighted by Crippen LogP contribution is -2.30. The molecule has 19 heavy (non-hydrogen) atoms. The van der Waals surface area contributed by atoms with Gasteiger partial charge in [-0.05, 0) is 12.1 Å². The molecule has 6 nitrogen and oxygen atoms in total. The van der Waals surface area contributed by atoms with Gasteiger partial charge in [0.25, 0.3) is 10.0 Å². The molecule has 0 aliphatic rings. The molecule has 0 saturated heterocycles. The SMILES string of the molecule is COC(=O)NS(=O)(=O)c1cccc(OC(F)(F)F)c1. The zero-order valence-corrected chi connectivity index (χ0v) is 10.2. The molecule has 0 aliphatic heterocycles. The third kappa shape index (κ3) is 4.66. The zero-order chi connectivity index (χ0) is 14.7. The number of alkyl halides is 3. The van der Waals surface area contributed by atoms with Crippen molar-refractivity contribution in [3.8, 4) is 5.75 Å². The second-order valence-corrected chi connectivity index (χ2v) is 4.80. The van der Waals surface area contributed by atoms with E-state index in [-0.39, 0.29) is 0 Å². The minimum absolute atomic E-state index is 0.570. The van der Waals surface area contributed by atoms with E-state index in [1.54, 1.807) is 0 Å². The van der Waals surface area contributed by atoms with Crippen molar-refractivity contribution in [2.45, 2.75) is 11.3 Å². The van der Waals surface area contributed by atoms with Crippen molar-refractivity contribution in [2.75, 3.05) is 7.11 Å². The summed E-state index contributed by atoms with van der Waals surface area (Å²) in [5, 5.41) is 0. The van der Waals surface area contributed by atoms with E-state index in [1.807, 2.05) is 0 Å². The lowest BCUT2D eigenvalue weighted by atomic mass is 10.3. The van der Waals surface area contributed by atoms with Crippen LogP contribution in [-0.4, -0.2) is 28.0 Å². The summed E-state index contributed by atoms with van der Waals surface area (Å²) >= 11 is 0. The first-order valence-corrected chi connectivity index (χ1v) is 6.09. The van der Waals surface area contributed by atoms with Gasteiger partial charge in [-0.15, -0.1) is 13.2 Å². The fourth-order valence-electron chi connectivity index (χ4n) is 1.05. The smallest absolute Gasteiger partial charge is 0.452 e. The molecule has 106 valence electrons. The Morgan fingerprint density at radius 1 is 1.32 bits per heavy atom. The van der Waals surface area contributed by atoms with Crippen LogP contribution in [-0.2, 0) is 14.8 Å². The van der Waals surface area contributed by atoms with Gasteiger partial charge < -0.3 is 9.47 Å². The number of methoxy groups -OCH3 is 1. The summed E-state index contributed by atoms with van der Waals surface area (Å²) in [5.41, 5.74) is 0. The zero-order valence-electron chi connectivity index (χ0n) is 9.39. The van der Waals surface area contributed by atoms with E-state index >= 15 is 0 Å². The Balaban J connectivity index is 3.02. The number of sulfonamides is 1. The van der Waals surface area contributed by atoms with Gasteiger partial charge in [-0.2, -0.15) is 0 Å². The summed E-state index contributed by atoms with van der Waals surface area (Å²) in [4.78, 5) is 10.2. The molecule has 0 atom stereocenters. The molecular weight excluding hydrogens is 291 g/mol. The highest BCUT2D eigenvalue weighted by Gasteiger charge is 2.31. The van der Waals surface area contributed by atoms with E-state index in [2.05, 4.69) is 9.47 Å². The highest BCUT2D eigenvalue weighted by atomic mass is 32.2. The Kier molecular flexibility index (Phi) is 4.24. The van der Waals surface area contributed by atoms with Gasteiger partial charge in [0.2, 0.25) is 0 Å². The quantitative estimate of drug-likeness (QED) is 0.917. The predicted octanol–water partition coefficient (Wildman–Crippen LogP) is 1.63. The number of halogens is 3. The van der Waals surface area contributed by atoms with E-state index < -0.39 is 33.1 Å². The molecule has 1 aromatic carbocycles. The van der Waals surface area contributed by atoms with Crippen LogP contribution in [0.25, 0.3) is 0 Å². The van der Waals surface area contributed by atoms with Crippen molar-refractivity contribution in [2.24, 2.45) is 0 Å². The topological polar surface area (TPSA) is 81.7 Å². The van der Waals surface area contributed by atoms with Gasteiger partial charge in [0.05, 0.1) is 12.0 Å². The van der Waals surface area contributed by atoms with Crippen LogP contribution >= 0.6 is 0 Å². The van der Waals surface area contributed by atoms with Crippen LogP contribution in [0.4, 0.5) is 18.0 Å². The first-order chi connectivity index (χ1) is 8.64. The number of rotatable bonds is 3. The molecule has 1 aromatic rings. The van der Waals surface area contributed by atoms with Gasteiger partial charge in [-0.1, -0.05) is 6.07 Å². The third-order valence-electron chi connectivity index (χ3n) is 1.75. The highest BCUT2D eigenvalue weighted by Crippen LogP contribution is 2.24. The van der Waals surface area contributed by atoms with E-state index in [1.165, 1.54) is 4.72 Å². The molecule has 0 radical (unpaired) electrons. The van der Waals surface area contributed by atoms with Crippen molar-refractivity contribution < 1.29 is 35.9 Å². The fraction of sp³-hybridized carbons (Fsp3) is 0.222. The lowest BCUT2D eigenvalue weighted by molar-refractivity contribution is -0.274. The number of carbonyl (C=O) groups is 1. The number of carbonyl (C=O) groups excluding carboxylic acids is 1. The maximum absolute atomic E-state index is 12.0. The molecule has 1 N–H and O–H groups in total. The van der Waals surface area contributed by atoms with Gasteiger partial charge in [0.1, 0.15) is 5.75 Å². The minimum atomic E-state index is -4.95. The number of hydrogen-bond acceptors (Lipinski definition) is 5. The number of nitrogens with one attached hydrogen (secondary N) is 1. The lowest BCUT2D eigenvalue weighted by Gasteiger charge is -2.10. The van der Waals surface area contributed by atoms with Crippen molar-refractivity contribution >= 4 is 16.1 Å². The summed E-state index contributed by atoms with van der Waals surface area (Å²) in [7, 11) is -3.38. The van der Waals surface area contributed by atoms with Gasteiger partial charge in [0, 0.05) is 6.07 Å². The average Bonchev–Trinajstić information content (AvgIpc) is 2.26. The molecule has 1 amide bonds. The molecule has 0 aromatic heterocycles. The molecule has 0 saturated carbocycles. The number of amides is 1. The Morgan fingerprint density at radius 2 is 1.95 bits per heavy atom. The van der Waals surface area contributed by atoms with Crippen molar-refractivity contribution in [3.63, 3.8) is 0 Å². The standard InChI is InChI=1S/C9H8F3NO5S/c1-17-8(14)13-19(15,16)7-4-2-3-6(5-7)18-9(10,11)12/h2-5H,1H3,(H,13,14). The van der Waals surface area contributed by atoms with Crippen LogP contribution in [0.15, 0.2) is 29.2 Å². The second kappa shape index (κ2) is 5.34. The van der Waals surface area contributed by atoms with E-state index in [0.29, 0.717) is 6.07 Å². The van der Waals surface area contributed by atoms with Crippen LogP contribution < -0.4 is 9.46 Å². The van der Waals surface area contributed by atoms with Gasteiger partial charge in [0.15, 0.2) is 0 Å². The second-order valence-electron chi connectivity index (χ2n) is 3.12. The molecule has 0 unspecified atom stereocenters. The molecule has 1 rings (SSSR count). The largest absolute Gasteiger partial charge is 0.573 e. The van der Waals surface area contributed by atoms with Crippen LogP contribution in [0, 0.1) is 0 Å². The molecule has 0 heterocycles. The summed E-state index contributed by atoms with van der Waals surface area (Å²) in [6.07, 6.45) is -6.21. The summed E-state index contributed by atoms with van der Waals surface area (Å²) in [6, 6.07) is 3.57. The number of benzene rings is 1. The monoisotopic (exact) mass is 299 g/mol. The Labute approximate surface area is 106 Å². The van der Waals surface area contributed by atoms with Crippen LogP contribution in [0.5, 0.6) is 5.75 Å². The van der Waals surface area contributed by atoms with E-state index in [4.69, 9.17) is 0 Å². The maximum Gasteiger partial charge on any atom is 0.573 e. The Morgan fingerprint density at radius 3 is 2.47 bits per heavy atom. The molecule has 0 spiro atoms. The summed E-state index contributed by atoms with van der Waals surface area (Å²) in [5.74, 6) is -0.722. The van der Waals surface area contributed by atoms with Crippen molar-refractivity contribution in [1.82, 2.24) is 4.72 Å².